The molecular weight excluding hydrogens is 208 g/mol. The fraction of sp³-hybridized carbons (Fsp3) is 1.00. The van der Waals surface area contributed by atoms with E-state index in [1.807, 2.05) is 0 Å². The molecule has 0 amide bonds. The van der Waals surface area contributed by atoms with E-state index in [1.165, 1.54) is 58.4 Å². The van der Waals surface area contributed by atoms with Crippen LogP contribution in [-0.4, -0.2) is 48.6 Å². The number of fused-ring (bicyclic) bond motifs is 4. The molecule has 98 valence electrons. The molecule has 3 aliphatic heterocycles. The lowest BCUT2D eigenvalue weighted by Gasteiger charge is -2.52. The van der Waals surface area contributed by atoms with Crippen LogP contribution >= 0.6 is 0 Å². The van der Waals surface area contributed by atoms with E-state index in [-0.39, 0.29) is 0 Å². The van der Waals surface area contributed by atoms with E-state index >= 15 is 0 Å². The third-order valence-electron chi connectivity index (χ3n) is 4.97. The molecule has 2 bridgehead atoms. The van der Waals surface area contributed by atoms with Crippen molar-refractivity contribution in [1.29, 1.82) is 0 Å². The summed E-state index contributed by atoms with van der Waals surface area (Å²) in [6.45, 7) is 11.6. The first-order chi connectivity index (χ1) is 8.22. The Morgan fingerprint density at radius 2 is 2.00 bits per heavy atom. The summed E-state index contributed by atoms with van der Waals surface area (Å²) in [5.74, 6) is 2.79. The predicted molar refractivity (Wildman–Crippen MR) is 72.1 cm³/mol. The fourth-order valence-electron chi connectivity index (χ4n) is 4.53. The molecule has 0 unspecified atom stereocenters. The molecule has 3 fully saturated rings. The van der Waals surface area contributed by atoms with Crippen LogP contribution in [0.2, 0.25) is 0 Å². The average molecular weight is 236 g/mol. The highest BCUT2D eigenvalue weighted by Gasteiger charge is 2.41. The van der Waals surface area contributed by atoms with E-state index in [0.29, 0.717) is 0 Å². The zero-order valence-corrected chi connectivity index (χ0v) is 11.6. The predicted octanol–water partition coefficient (Wildman–Crippen LogP) is 2.45. The van der Waals surface area contributed by atoms with E-state index in [9.17, 15) is 0 Å². The second kappa shape index (κ2) is 4.89. The Morgan fingerprint density at radius 3 is 2.82 bits per heavy atom. The van der Waals surface area contributed by atoms with Gasteiger partial charge in [-0.15, -0.1) is 0 Å². The molecule has 0 aromatic carbocycles. The van der Waals surface area contributed by atoms with Crippen LogP contribution in [0, 0.1) is 17.8 Å². The molecule has 0 saturated carbocycles. The van der Waals surface area contributed by atoms with E-state index in [4.69, 9.17) is 0 Å². The van der Waals surface area contributed by atoms with Gasteiger partial charge in [-0.25, -0.2) is 0 Å². The third kappa shape index (κ3) is 2.53. The van der Waals surface area contributed by atoms with E-state index in [1.54, 1.807) is 0 Å². The minimum absolute atomic E-state index is 0.830. The van der Waals surface area contributed by atoms with Crippen LogP contribution in [0.5, 0.6) is 0 Å². The fourth-order valence-corrected chi connectivity index (χ4v) is 4.53. The first-order valence-corrected chi connectivity index (χ1v) is 7.69. The van der Waals surface area contributed by atoms with Gasteiger partial charge in [-0.3, -0.25) is 4.90 Å². The van der Waals surface area contributed by atoms with Crippen molar-refractivity contribution in [3.8, 4) is 0 Å². The standard InChI is InChI=1S/C15H28N2/c1-12(2)8-16-9-13-7-14(11-16)15-5-3-4-6-17(15)10-13/h12-15H,3-11H2,1-2H3/t13-,14-,15+/m1/s1. The van der Waals surface area contributed by atoms with Crippen molar-refractivity contribution in [2.24, 2.45) is 17.8 Å². The quantitative estimate of drug-likeness (QED) is 0.726. The smallest absolute Gasteiger partial charge is 0.0136 e. The van der Waals surface area contributed by atoms with Gasteiger partial charge in [0, 0.05) is 32.2 Å². The molecule has 2 heteroatoms. The van der Waals surface area contributed by atoms with Crippen LogP contribution in [0.15, 0.2) is 0 Å². The molecule has 0 radical (unpaired) electrons. The Morgan fingerprint density at radius 1 is 1.12 bits per heavy atom. The number of nitrogens with zero attached hydrogens (tertiary/aromatic N) is 2. The number of piperidine rings is 3. The van der Waals surface area contributed by atoms with E-state index < -0.39 is 0 Å². The SMILES string of the molecule is CC(C)CN1C[C@H]2C[C@H](C1)[C@@H]1CCCCN1C2. The molecule has 3 atom stereocenters. The van der Waals surface area contributed by atoms with Gasteiger partial charge in [0.05, 0.1) is 0 Å². The maximum absolute atomic E-state index is 2.83. The van der Waals surface area contributed by atoms with Crippen molar-refractivity contribution < 1.29 is 0 Å². The number of likely N-dealkylation sites (tertiary alicyclic amines) is 1. The number of rotatable bonds is 2. The molecule has 0 aromatic heterocycles. The second-order valence-electron chi connectivity index (χ2n) is 7.03. The maximum atomic E-state index is 2.83. The van der Waals surface area contributed by atoms with Gasteiger partial charge in [0.25, 0.3) is 0 Å². The minimum atomic E-state index is 0.830. The Bertz CT molecular complexity index is 264. The number of hydrogen-bond acceptors (Lipinski definition) is 2. The molecule has 3 heterocycles. The summed E-state index contributed by atoms with van der Waals surface area (Å²) in [6.07, 6.45) is 5.93. The number of hydrogen-bond donors (Lipinski definition) is 0. The van der Waals surface area contributed by atoms with E-state index in [0.717, 1.165) is 23.8 Å². The Labute approximate surface area is 106 Å². The molecule has 3 saturated heterocycles. The third-order valence-corrected chi connectivity index (χ3v) is 4.97. The van der Waals surface area contributed by atoms with Gasteiger partial charge in [0.15, 0.2) is 0 Å². The molecule has 0 N–H and O–H groups in total. The molecular formula is C15H28N2. The van der Waals surface area contributed by atoms with Gasteiger partial charge in [0.1, 0.15) is 0 Å². The highest BCUT2D eigenvalue weighted by molar-refractivity contribution is 4.95. The monoisotopic (exact) mass is 236 g/mol. The highest BCUT2D eigenvalue weighted by Crippen LogP contribution is 2.37. The lowest BCUT2D eigenvalue weighted by Crippen LogP contribution is -2.59. The van der Waals surface area contributed by atoms with Gasteiger partial charge in [-0.05, 0) is 43.6 Å². The van der Waals surface area contributed by atoms with Crippen molar-refractivity contribution in [3.05, 3.63) is 0 Å². The molecule has 3 aliphatic rings. The largest absolute Gasteiger partial charge is 0.302 e. The highest BCUT2D eigenvalue weighted by atomic mass is 15.2. The van der Waals surface area contributed by atoms with Gasteiger partial charge in [-0.1, -0.05) is 20.3 Å². The summed E-state index contributed by atoms with van der Waals surface area (Å²) in [5.41, 5.74) is 0. The summed E-state index contributed by atoms with van der Waals surface area (Å²) in [4.78, 5) is 5.59. The van der Waals surface area contributed by atoms with Crippen LogP contribution in [-0.2, 0) is 0 Å². The van der Waals surface area contributed by atoms with Crippen molar-refractivity contribution in [2.75, 3.05) is 32.7 Å². The molecule has 17 heavy (non-hydrogen) atoms. The molecule has 3 rings (SSSR count). The summed E-state index contributed by atoms with van der Waals surface area (Å²) in [7, 11) is 0. The van der Waals surface area contributed by atoms with Crippen molar-refractivity contribution >= 4 is 0 Å². The molecule has 0 aliphatic carbocycles. The van der Waals surface area contributed by atoms with Crippen LogP contribution in [0.4, 0.5) is 0 Å². The van der Waals surface area contributed by atoms with Crippen LogP contribution in [0.3, 0.4) is 0 Å². The zero-order valence-electron chi connectivity index (χ0n) is 11.6. The van der Waals surface area contributed by atoms with Crippen molar-refractivity contribution in [2.45, 2.75) is 45.6 Å². The normalized spacial score (nSPS) is 39.4. The van der Waals surface area contributed by atoms with Crippen LogP contribution in [0.25, 0.3) is 0 Å². The summed E-state index contributed by atoms with van der Waals surface area (Å²) in [6, 6.07) is 0.940. The Hall–Kier alpha value is -0.0800. The van der Waals surface area contributed by atoms with Crippen LogP contribution in [0.1, 0.15) is 39.5 Å². The summed E-state index contributed by atoms with van der Waals surface area (Å²) >= 11 is 0. The first kappa shape index (κ1) is 12.0. The Kier molecular flexibility index (Phi) is 3.45. The van der Waals surface area contributed by atoms with Gasteiger partial charge < -0.3 is 4.90 Å². The summed E-state index contributed by atoms with van der Waals surface area (Å²) in [5, 5.41) is 0. The molecule has 0 aromatic rings. The lowest BCUT2D eigenvalue weighted by molar-refractivity contribution is -0.0327. The second-order valence-corrected chi connectivity index (χ2v) is 7.03. The molecule has 0 spiro atoms. The van der Waals surface area contributed by atoms with Gasteiger partial charge in [0.2, 0.25) is 0 Å². The van der Waals surface area contributed by atoms with Crippen molar-refractivity contribution in [1.82, 2.24) is 9.80 Å². The van der Waals surface area contributed by atoms with Gasteiger partial charge in [-0.2, -0.15) is 0 Å². The zero-order chi connectivity index (χ0) is 11.8. The van der Waals surface area contributed by atoms with Gasteiger partial charge >= 0.3 is 0 Å². The lowest BCUT2D eigenvalue weighted by atomic mass is 9.76. The molecule has 2 nitrogen and oxygen atoms in total. The van der Waals surface area contributed by atoms with E-state index in [2.05, 4.69) is 23.6 Å². The topological polar surface area (TPSA) is 6.48 Å². The maximum Gasteiger partial charge on any atom is 0.0136 e. The van der Waals surface area contributed by atoms with Crippen molar-refractivity contribution in [3.63, 3.8) is 0 Å². The first-order valence-electron chi connectivity index (χ1n) is 7.69. The minimum Gasteiger partial charge on any atom is -0.302 e. The van der Waals surface area contributed by atoms with Crippen LogP contribution < -0.4 is 0 Å². The average Bonchev–Trinajstić information content (AvgIpc) is 2.27. The Balaban J connectivity index is 1.66. The summed E-state index contributed by atoms with van der Waals surface area (Å²) < 4.78 is 0.